The van der Waals surface area contributed by atoms with Gasteiger partial charge in [-0.2, -0.15) is 0 Å². The van der Waals surface area contributed by atoms with Gasteiger partial charge in [0.2, 0.25) is 0 Å². The molecule has 0 bridgehead atoms. The van der Waals surface area contributed by atoms with Crippen LogP contribution in [0.25, 0.3) is 0 Å². The first-order valence-corrected chi connectivity index (χ1v) is 4.61. The van der Waals surface area contributed by atoms with Crippen LogP contribution in [0.5, 0.6) is 0 Å². The van der Waals surface area contributed by atoms with Gasteiger partial charge in [-0.1, -0.05) is 19.8 Å². The summed E-state index contributed by atoms with van der Waals surface area (Å²) >= 11 is 0. The summed E-state index contributed by atoms with van der Waals surface area (Å²) in [5, 5.41) is 28.1. The third-order valence-corrected chi connectivity index (χ3v) is 2.01. The molecule has 0 aliphatic carbocycles. The van der Waals surface area contributed by atoms with Crippen LogP contribution < -0.4 is 5.11 Å². The molecule has 0 fully saturated rings. The molecule has 0 saturated carbocycles. The molecule has 0 saturated heterocycles. The van der Waals surface area contributed by atoms with E-state index in [4.69, 9.17) is 10.2 Å². The third-order valence-electron chi connectivity index (χ3n) is 2.01. The van der Waals surface area contributed by atoms with Gasteiger partial charge in [0.1, 0.15) is 0 Å². The highest BCUT2D eigenvalue weighted by Gasteiger charge is 2.14. The quantitative estimate of drug-likeness (QED) is 0.554. The molecule has 78 valence electrons. The van der Waals surface area contributed by atoms with E-state index in [9.17, 15) is 9.90 Å². The molecule has 2 unspecified atom stereocenters. The van der Waals surface area contributed by atoms with Gasteiger partial charge in [-0.15, -0.1) is 0 Å². The van der Waals surface area contributed by atoms with Crippen molar-refractivity contribution >= 4 is 5.97 Å². The van der Waals surface area contributed by atoms with Crippen LogP contribution >= 0.6 is 0 Å². The number of carbonyl (C=O) groups excluding carboxylic acids is 1. The predicted octanol–water partition coefficient (Wildman–Crippen LogP) is -0.714. The zero-order chi connectivity index (χ0) is 10.3. The lowest BCUT2D eigenvalue weighted by Crippen LogP contribution is -2.34. The van der Waals surface area contributed by atoms with E-state index >= 15 is 0 Å². The van der Waals surface area contributed by atoms with Crippen molar-refractivity contribution in [3.8, 4) is 0 Å². The van der Waals surface area contributed by atoms with Gasteiger partial charge >= 0.3 is 0 Å². The Morgan fingerprint density at radius 1 is 1.54 bits per heavy atom. The molecule has 0 amide bonds. The van der Waals surface area contributed by atoms with Gasteiger partial charge in [0.15, 0.2) is 0 Å². The highest BCUT2D eigenvalue weighted by molar-refractivity contribution is 5.67. The van der Waals surface area contributed by atoms with Crippen LogP contribution in [0.3, 0.4) is 0 Å². The largest absolute Gasteiger partial charge is 0.550 e. The standard InChI is InChI=1S/C9H18O4/c1-2-3-4-7(9(12)13)5-8(11)6-10/h7-8,10-11H,2-6H2,1H3,(H,12,13)/p-1. The highest BCUT2D eigenvalue weighted by Crippen LogP contribution is 2.14. The fraction of sp³-hybridized carbons (Fsp3) is 0.889. The third kappa shape index (κ3) is 5.60. The van der Waals surface area contributed by atoms with Crippen molar-refractivity contribution in [2.75, 3.05) is 6.61 Å². The molecule has 4 heteroatoms. The van der Waals surface area contributed by atoms with Crippen molar-refractivity contribution in [1.29, 1.82) is 0 Å². The molecule has 0 aromatic heterocycles. The molecule has 0 spiro atoms. The van der Waals surface area contributed by atoms with Crippen molar-refractivity contribution < 1.29 is 20.1 Å². The molecule has 4 nitrogen and oxygen atoms in total. The van der Waals surface area contributed by atoms with E-state index in [-0.39, 0.29) is 6.42 Å². The fourth-order valence-corrected chi connectivity index (χ4v) is 1.19. The summed E-state index contributed by atoms with van der Waals surface area (Å²) in [6.07, 6.45) is 1.37. The van der Waals surface area contributed by atoms with Gasteiger partial charge in [-0.3, -0.25) is 0 Å². The second kappa shape index (κ2) is 6.86. The lowest BCUT2D eigenvalue weighted by molar-refractivity contribution is -0.312. The first-order valence-electron chi connectivity index (χ1n) is 4.61. The summed E-state index contributed by atoms with van der Waals surface area (Å²) in [7, 11) is 0. The Morgan fingerprint density at radius 2 is 2.15 bits per heavy atom. The summed E-state index contributed by atoms with van der Waals surface area (Å²) in [6, 6.07) is 0. The summed E-state index contributed by atoms with van der Waals surface area (Å²) in [6.45, 7) is 1.57. The maximum Gasteiger partial charge on any atom is 0.0777 e. The van der Waals surface area contributed by atoms with Crippen LogP contribution in [-0.4, -0.2) is 28.9 Å². The van der Waals surface area contributed by atoms with Crippen LogP contribution in [0.1, 0.15) is 32.6 Å². The number of hydrogen-bond acceptors (Lipinski definition) is 4. The van der Waals surface area contributed by atoms with E-state index in [0.717, 1.165) is 12.8 Å². The Balaban J connectivity index is 3.87. The summed E-state index contributed by atoms with van der Waals surface area (Å²) in [5.74, 6) is -1.77. The van der Waals surface area contributed by atoms with Gasteiger partial charge in [0.05, 0.1) is 12.7 Å². The monoisotopic (exact) mass is 189 g/mol. The van der Waals surface area contributed by atoms with Gasteiger partial charge in [-0.25, -0.2) is 0 Å². The minimum absolute atomic E-state index is 0.0822. The van der Waals surface area contributed by atoms with E-state index < -0.39 is 24.6 Å². The van der Waals surface area contributed by atoms with E-state index in [1.165, 1.54) is 0 Å². The smallest absolute Gasteiger partial charge is 0.0777 e. The number of aliphatic hydroxyl groups is 2. The minimum atomic E-state index is -1.14. The molecule has 0 radical (unpaired) electrons. The lowest BCUT2D eigenvalue weighted by Gasteiger charge is -2.19. The Labute approximate surface area is 78.2 Å². The topological polar surface area (TPSA) is 80.6 Å². The maximum atomic E-state index is 10.6. The zero-order valence-corrected chi connectivity index (χ0v) is 7.90. The minimum Gasteiger partial charge on any atom is -0.550 e. The molecule has 0 rings (SSSR count). The van der Waals surface area contributed by atoms with Crippen molar-refractivity contribution in [2.45, 2.75) is 38.7 Å². The van der Waals surface area contributed by atoms with Gasteiger partial charge in [0, 0.05) is 11.9 Å². The highest BCUT2D eigenvalue weighted by atomic mass is 16.4. The number of unbranched alkanes of at least 4 members (excludes halogenated alkanes) is 1. The van der Waals surface area contributed by atoms with Gasteiger partial charge in [-0.05, 0) is 12.8 Å². The Morgan fingerprint density at radius 3 is 2.54 bits per heavy atom. The average Bonchev–Trinajstić information content (AvgIpc) is 2.11. The molecular formula is C9H17O4-. The average molecular weight is 189 g/mol. The molecular weight excluding hydrogens is 172 g/mol. The molecule has 13 heavy (non-hydrogen) atoms. The van der Waals surface area contributed by atoms with Crippen molar-refractivity contribution in [2.24, 2.45) is 5.92 Å². The van der Waals surface area contributed by atoms with Crippen LogP contribution in [0.4, 0.5) is 0 Å². The van der Waals surface area contributed by atoms with Crippen molar-refractivity contribution in [1.82, 2.24) is 0 Å². The molecule has 2 atom stereocenters. The molecule has 0 aromatic carbocycles. The molecule has 0 aromatic rings. The fourth-order valence-electron chi connectivity index (χ4n) is 1.19. The molecule has 0 aliphatic rings. The SMILES string of the molecule is CCCCC(CC(O)CO)C(=O)[O-]. The number of hydrogen-bond donors (Lipinski definition) is 2. The van der Waals surface area contributed by atoms with Crippen molar-refractivity contribution in [3.63, 3.8) is 0 Å². The summed E-state index contributed by atoms with van der Waals surface area (Å²) in [4.78, 5) is 10.6. The van der Waals surface area contributed by atoms with E-state index in [2.05, 4.69) is 0 Å². The normalized spacial score (nSPS) is 15.3. The number of rotatable bonds is 7. The number of carboxylic acids is 1. The summed E-state index contributed by atoms with van der Waals surface area (Å²) in [5.41, 5.74) is 0. The first-order chi connectivity index (χ1) is 6.11. The molecule has 2 N–H and O–H groups in total. The first kappa shape index (κ1) is 12.4. The van der Waals surface area contributed by atoms with Crippen LogP contribution in [0, 0.1) is 5.92 Å². The Kier molecular flexibility index (Phi) is 6.54. The zero-order valence-electron chi connectivity index (χ0n) is 7.90. The number of carbonyl (C=O) groups is 1. The molecule has 0 aliphatic heterocycles. The van der Waals surface area contributed by atoms with Crippen LogP contribution in [0.2, 0.25) is 0 Å². The van der Waals surface area contributed by atoms with E-state index in [1.807, 2.05) is 6.92 Å². The summed E-state index contributed by atoms with van der Waals surface area (Å²) < 4.78 is 0. The van der Waals surface area contributed by atoms with Crippen LogP contribution in [0.15, 0.2) is 0 Å². The number of aliphatic carboxylic acids is 1. The van der Waals surface area contributed by atoms with E-state index in [1.54, 1.807) is 0 Å². The number of aliphatic hydroxyl groups excluding tert-OH is 2. The second-order valence-corrected chi connectivity index (χ2v) is 3.23. The van der Waals surface area contributed by atoms with E-state index in [0.29, 0.717) is 6.42 Å². The lowest BCUT2D eigenvalue weighted by atomic mass is 9.96. The van der Waals surface area contributed by atoms with Gasteiger partial charge in [0.25, 0.3) is 0 Å². The Hall–Kier alpha value is -0.610. The van der Waals surface area contributed by atoms with Crippen LogP contribution in [-0.2, 0) is 4.79 Å². The molecule has 0 heterocycles. The van der Waals surface area contributed by atoms with Crippen molar-refractivity contribution in [3.05, 3.63) is 0 Å². The maximum absolute atomic E-state index is 10.6. The number of carboxylic acid groups (broad SMARTS) is 1. The Bertz CT molecular complexity index is 147. The van der Waals surface area contributed by atoms with Gasteiger partial charge < -0.3 is 20.1 Å². The predicted molar refractivity (Wildman–Crippen MR) is 45.7 cm³/mol. The second-order valence-electron chi connectivity index (χ2n) is 3.23.